The lowest BCUT2D eigenvalue weighted by atomic mass is 10.00. The molecule has 0 aliphatic carbocycles. The van der Waals surface area contributed by atoms with Crippen molar-refractivity contribution in [1.29, 1.82) is 0 Å². The van der Waals surface area contributed by atoms with E-state index in [1.807, 2.05) is 60.7 Å². The van der Waals surface area contributed by atoms with Crippen molar-refractivity contribution >= 4 is 10.8 Å². The number of aromatic nitrogens is 1. The van der Waals surface area contributed by atoms with Gasteiger partial charge in [-0.25, -0.2) is 4.98 Å². The topological polar surface area (TPSA) is 12.9 Å². The fourth-order valence-electron chi connectivity index (χ4n) is 2.99. The SMILES string of the molecule is FC(F)(F)c1ccc(-c2nc(-c3ccccc3)cc3ccccc23)cc1. The highest BCUT2D eigenvalue weighted by Crippen LogP contribution is 2.34. The number of nitrogens with zero attached hydrogens (tertiary/aromatic N) is 1. The van der Waals surface area contributed by atoms with Crippen LogP contribution >= 0.6 is 0 Å². The van der Waals surface area contributed by atoms with Crippen molar-refractivity contribution < 1.29 is 13.2 Å². The molecule has 0 amide bonds. The number of halogens is 3. The third-order valence-corrected chi connectivity index (χ3v) is 4.30. The molecular formula is C22H14F3N. The van der Waals surface area contributed by atoms with Gasteiger partial charge in [-0.15, -0.1) is 0 Å². The zero-order valence-electron chi connectivity index (χ0n) is 13.7. The van der Waals surface area contributed by atoms with Gasteiger partial charge in [0.15, 0.2) is 0 Å². The Kier molecular flexibility index (Phi) is 3.96. The molecule has 0 saturated carbocycles. The van der Waals surface area contributed by atoms with Crippen LogP contribution in [0.25, 0.3) is 33.3 Å². The van der Waals surface area contributed by atoms with E-state index in [4.69, 9.17) is 4.98 Å². The number of hydrogen-bond donors (Lipinski definition) is 0. The first-order valence-corrected chi connectivity index (χ1v) is 8.15. The van der Waals surface area contributed by atoms with Gasteiger partial charge in [-0.1, -0.05) is 66.7 Å². The lowest BCUT2D eigenvalue weighted by Crippen LogP contribution is -2.04. The number of benzene rings is 3. The molecule has 4 heteroatoms. The Morgan fingerprint density at radius 2 is 1.31 bits per heavy atom. The molecule has 4 rings (SSSR count). The minimum absolute atomic E-state index is 0.659. The average molecular weight is 349 g/mol. The van der Waals surface area contributed by atoms with Crippen LogP contribution in [0.5, 0.6) is 0 Å². The first kappa shape index (κ1) is 16.3. The van der Waals surface area contributed by atoms with Crippen LogP contribution in [0.2, 0.25) is 0 Å². The van der Waals surface area contributed by atoms with Gasteiger partial charge < -0.3 is 0 Å². The van der Waals surface area contributed by atoms with Gasteiger partial charge in [0.2, 0.25) is 0 Å². The largest absolute Gasteiger partial charge is 0.416 e. The van der Waals surface area contributed by atoms with E-state index in [1.54, 1.807) is 0 Å². The monoisotopic (exact) mass is 349 g/mol. The molecule has 1 heterocycles. The summed E-state index contributed by atoms with van der Waals surface area (Å²) in [6, 6.07) is 24.6. The second-order valence-electron chi connectivity index (χ2n) is 6.02. The highest BCUT2D eigenvalue weighted by Gasteiger charge is 2.30. The van der Waals surface area contributed by atoms with E-state index in [-0.39, 0.29) is 0 Å². The molecule has 0 N–H and O–H groups in total. The number of hydrogen-bond acceptors (Lipinski definition) is 1. The molecule has 26 heavy (non-hydrogen) atoms. The third-order valence-electron chi connectivity index (χ3n) is 4.30. The fourth-order valence-corrected chi connectivity index (χ4v) is 2.99. The maximum atomic E-state index is 12.8. The van der Waals surface area contributed by atoms with Crippen LogP contribution in [0.15, 0.2) is 84.9 Å². The Labute approximate surface area is 148 Å². The predicted octanol–water partition coefficient (Wildman–Crippen LogP) is 6.59. The van der Waals surface area contributed by atoms with Crippen molar-refractivity contribution in [3.63, 3.8) is 0 Å². The quantitative estimate of drug-likeness (QED) is 0.398. The Hall–Kier alpha value is -3.14. The van der Waals surface area contributed by atoms with Crippen LogP contribution in [0.4, 0.5) is 13.2 Å². The summed E-state index contributed by atoms with van der Waals surface area (Å²) in [6.07, 6.45) is -4.35. The van der Waals surface area contributed by atoms with Crippen molar-refractivity contribution in [1.82, 2.24) is 4.98 Å². The van der Waals surface area contributed by atoms with Gasteiger partial charge in [0, 0.05) is 16.5 Å². The molecule has 1 nitrogen and oxygen atoms in total. The van der Waals surface area contributed by atoms with Gasteiger partial charge in [-0.05, 0) is 23.6 Å². The maximum Gasteiger partial charge on any atom is 0.416 e. The van der Waals surface area contributed by atoms with E-state index < -0.39 is 11.7 Å². The smallest absolute Gasteiger partial charge is 0.247 e. The van der Waals surface area contributed by atoms with Gasteiger partial charge in [-0.3, -0.25) is 0 Å². The van der Waals surface area contributed by atoms with E-state index >= 15 is 0 Å². The van der Waals surface area contributed by atoms with Crippen molar-refractivity contribution in [2.75, 3.05) is 0 Å². The normalized spacial score (nSPS) is 11.7. The van der Waals surface area contributed by atoms with Crippen molar-refractivity contribution in [3.05, 3.63) is 90.5 Å². The molecule has 0 aliphatic heterocycles. The molecule has 0 unspecified atom stereocenters. The van der Waals surface area contributed by atoms with Gasteiger partial charge >= 0.3 is 6.18 Å². The van der Waals surface area contributed by atoms with Crippen LogP contribution in [0.1, 0.15) is 5.56 Å². The van der Waals surface area contributed by atoms with E-state index in [0.29, 0.717) is 11.3 Å². The van der Waals surface area contributed by atoms with Crippen molar-refractivity contribution in [3.8, 4) is 22.5 Å². The Bertz CT molecular complexity index is 1050. The van der Waals surface area contributed by atoms with Crippen molar-refractivity contribution in [2.45, 2.75) is 6.18 Å². The molecule has 0 fully saturated rings. The Morgan fingerprint density at radius 1 is 0.654 bits per heavy atom. The summed E-state index contributed by atoms with van der Waals surface area (Å²) in [4.78, 5) is 4.75. The molecule has 0 saturated heterocycles. The van der Waals surface area contributed by atoms with Crippen LogP contribution in [0, 0.1) is 0 Å². The zero-order chi connectivity index (χ0) is 18.1. The Balaban J connectivity index is 1.91. The predicted molar refractivity (Wildman–Crippen MR) is 97.6 cm³/mol. The number of fused-ring (bicyclic) bond motifs is 1. The highest BCUT2D eigenvalue weighted by molar-refractivity contribution is 5.96. The number of pyridine rings is 1. The highest BCUT2D eigenvalue weighted by atomic mass is 19.4. The molecule has 0 bridgehead atoms. The summed E-state index contributed by atoms with van der Waals surface area (Å²) in [5, 5.41) is 1.91. The second-order valence-corrected chi connectivity index (χ2v) is 6.02. The summed E-state index contributed by atoms with van der Waals surface area (Å²) in [5.41, 5.74) is 2.43. The fraction of sp³-hybridized carbons (Fsp3) is 0.0455. The van der Waals surface area contributed by atoms with Gasteiger partial charge in [0.1, 0.15) is 0 Å². The van der Waals surface area contributed by atoms with Gasteiger partial charge in [0.25, 0.3) is 0 Å². The lowest BCUT2D eigenvalue weighted by Gasteiger charge is -2.11. The molecule has 0 aliphatic rings. The van der Waals surface area contributed by atoms with Crippen molar-refractivity contribution in [2.24, 2.45) is 0 Å². The molecule has 1 aromatic heterocycles. The Morgan fingerprint density at radius 3 is 2.00 bits per heavy atom. The average Bonchev–Trinajstić information content (AvgIpc) is 2.67. The van der Waals surface area contributed by atoms with E-state index in [0.717, 1.165) is 34.2 Å². The third kappa shape index (κ3) is 3.06. The first-order valence-electron chi connectivity index (χ1n) is 8.15. The maximum absolute atomic E-state index is 12.8. The summed E-state index contributed by atoms with van der Waals surface area (Å²) in [7, 11) is 0. The molecular weight excluding hydrogens is 335 g/mol. The number of alkyl halides is 3. The molecule has 4 aromatic rings. The van der Waals surface area contributed by atoms with E-state index in [1.165, 1.54) is 12.1 Å². The van der Waals surface area contributed by atoms with E-state index in [2.05, 4.69) is 0 Å². The summed E-state index contributed by atoms with van der Waals surface area (Å²) >= 11 is 0. The molecule has 128 valence electrons. The minimum atomic E-state index is -4.35. The molecule has 0 radical (unpaired) electrons. The number of rotatable bonds is 2. The summed E-state index contributed by atoms with van der Waals surface area (Å²) in [5.74, 6) is 0. The van der Waals surface area contributed by atoms with Crippen LogP contribution in [-0.4, -0.2) is 4.98 Å². The second kappa shape index (κ2) is 6.30. The van der Waals surface area contributed by atoms with Crippen LogP contribution in [0.3, 0.4) is 0 Å². The van der Waals surface area contributed by atoms with Crippen LogP contribution in [-0.2, 0) is 6.18 Å². The first-order chi connectivity index (χ1) is 12.5. The van der Waals surface area contributed by atoms with Crippen LogP contribution < -0.4 is 0 Å². The molecule has 0 spiro atoms. The molecule has 3 aromatic carbocycles. The van der Waals surface area contributed by atoms with Gasteiger partial charge in [-0.2, -0.15) is 13.2 Å². The standard InChI is InChI=1S/C22H14F3N/c23-22(24,25)18-12-10-16(11-13-18)21-19-9-5-4-8-17(19)14-20(26-21)15-6-2-1-3-7-15/h1-14H. The van der Waals surface area contributed by atoms with Gasteiger partial charge in [0.05, 0.1) is 17.0 Å². The zero-order valence-corrected chi connectivity index (χ0v) is 13.7. The minimum Gasteiger partial charge on any atom is -0.247 e. The lowest BCUT2D eigenvalue weighted by molar-refractivity contribution is -0.137. The molecule has 0 atom stereocenters. The summed E-state index contributed by atoms with van der Waals surface area (Å²) < 4.78 is 38.5. The summed E-state index contributed by atoms with van der Waals surface area (Å²) in [6.45, 7) is 0. The van der Waals surface area contributed by atoms with E-state index in [9.17, 15) is 13.2 Å².